The lowest BCUT2D eigenvalue weighted by molar-refractivity contribution is -0.133. The van der Waals surface area contributed by atoms with Crippen molar-refractivity contribution in [2.45, 2.75) is 25.3 Å². The van der Waals surface area contributed by atoms with Crippen LogP contribution in [0.25, 0.3) is 5.69 Å². The van der Waals surface area contributed by atoms with Crippen molar-refractivity contribution in [3.63, 3.8) is 0 Å². The fourth-order valence-corrected chi connectivity index (χ4v) is 5.09. The molecule has 2 aromatic carbocycles. The van der Waals surface area contributed by atoms with Crippen molar-refractivity contribution in [3.05, 3.63) is 106 Å². The predicted octanol–water partition coefficient (Wildman–Crippen LogP) is 5.04. The molecule has 4 aromatic rings. The minimum Gasteiger partial charge on any atom is -0.331 e. The van der Waals surface area contributed by atoms with E-state index in [0.29, 0.717) is 12.8 Å². The van der Waals surface area contributed by atoms with E-state index in [2.05, 4.69) is 45.7 Å². The summed E-state index contributed by atoms with van der Waals surface area (Å²) < 4.78 is 1.87. The Balaban J connectivity index is 1.33. The molecule has 1 amide bonds. The maximum atomic E-state index is 13.3. The maximum absolute atomic E-state index is 13.3. The van der Waals surface area contributed by atoms with Crippen molar-refractivity contribution in [3.8, 4) is 5.69 Å². The van der Waals surface area contributed by atoms with E-state index in [0.717, 1.165) is 24.2 Å². The van der Waals surface area contributed by atoms with E-state index < -0.39 is 0 Å². The Kier molecular flexibility index (Phi) is 5.20. The van der Waals surface area contributed by atoms with Crippen LogP contribution >= 0.6 is 11.3 Å². The Labute approximate surface area is 180 Å². The molecule has 0 aliphatic carbocycles. The molecule has 0 radical (unpaired) electrons. The number of rotatable bonds is 5. The van der Waals surface area contributed by atoms with Gasteiger partial charge in [-0.3, -0.25) is 4.79 Å². The highest BCUT2D eigenvalue weighted by atomic mass is 32.1. The summed E-state index contributed by atoms with van der Waals surface area (Å²) in [5.74, 6) is 0.202. The van der Waals surface area contributed by atoms with Crippen molar-refractivity contribution in [2.24, 2.45) is 0 Å². The van der Waals surface area contributed by atoms with Gasteiger partial charge in [-0.1, -0.05) is 48.5 Å². The van der Waals surface area contributed by atoms with E-state index in [4.69, 9.17) is 0 Å². The molecule has 1 aliphatic heterocycles. The molecule has 1 unspecified atom stereocenters. The maximum Gasteiger partial charge on any atom is 0.223 e. The van der Waals surface area contributed by atoms with Gasteiger partial charge in [0.2, 0.25) is 5.91 Å². The van der Waals surface area contributed by atoms with Crippen LogP contribution in [-0.2, 0) is 17.6 Å². The average molecular weight is 414 g/mol. The smallest absolute Gasteiger partial charge is 0.223 e. The Morgan fingerprint density at radius 3 is 2.60 bits per heavy atom. The molecule has 1 aliphatic rings. The number of hydrogen-bond acceptors (Lipinski definition) is 3. The summed E-state index contributed by atoms with van der Waals surface area (Å²) in [6, 6.07) is 22.6. The summed E-state index contributed by atoms with van der Waals surface area (Å²) in [7, 11) is 0. The van der Waals surface area contributed by atoms with Gasteiger partial charge in [-0.15, -0.1) is 11.3 Å². The highest BCUT2D eigenvalue weighted by Crippen LogP contribution is 2.38. The number of hydrogen-bond donors (Lipinski definition) is 0. The first kappa shape index (κ1) is 18.8. The molecular weight excluding hydrogens is 390 g/mol. The van der Waals surface area contributed by atoms with Crippen LogP contribution in [0.4, 0.5) is 0 Å². The van der Waals surface area contributed by atoms with Gasteiger partial charge in [-0.25, -0.2) is 4.68 Å². The number of amides is 1. The van der Waals surface area contributed by atoms with Crippen molar-refractivity contribution in [1.29, 1.82) is 0 Å². The zero-order chi connectivity index (χ0) is 20.3. The SMILES string of the molecule is O=C(CCc1cnn(-c2ccccc2)c1)N1CCc2sccc2C1c1ccccc1. The molecule has 3 heterocycles. The van der Waals surface area contributed by atoms with Gasteiger partial charge in [-0.05, 0) is 53.1 Å². The van der Waals surface area contributed by atoms with Gasteiger partial charge in [0.05, 0.1) is 17.9 Å². The molecule has 0 fully saturated rings. The molecule has 30 heavy (non-hydrogen) atoms. The van der Waals surface area contributed by atoms with Crippen LogP contribution < -0.4 is 0 Å². The first-order valence-electron chi connectivity index (χ1n) is 10.3. The average Bonchev–Trinajstić information content (AvgIpc) is 3.47. The molecule has 1 atom stereocenters. The molecule has 0 N–H and O–H groups in total. The van der Waals surface area contributed by atoms with Crippen LogP contribution in [0.1, 0.15) is 34.0 Å². The molecule has 4 nitrogen and oxygen atoms in total. The summed E-state index contributed by atoms with van der Waals surface area (Å²) in [6.07, 6.45) is 6.00. The lowest BCUT2D eigenvalue weighted by atomic mass is 9.93. The summed E-state index contributed by atoms with van der Waals surface area (Å²) in [4.78, 5) is 16.7. The standard InChI is InChI=1S/C25H23N3OS/c29-24(12-11-19-17-26-28(18-19)21-9-5-2-6-10-21)27-15-13-23-22(14-16-30-23)25(27)20-7-3-1-4-8-20/h1-10,14,16-18,25H,11-13,15H2. The second-order valence-corrected chi connectivity index (χ2v) is 8.58. The Hall–Kier alpha value is -3.18. The van der Waals surface area contributed by atoms with Gasteiger partial charge in [0.1, 0.15) is 0 Å². The molecule has 5 heteroatoms. The van der Waals surface area contributed by atoms with Crippen LogP contribution in [-0.4, -0.2) is 27.1 Å². The normalized spacial score (nSPS) is 15.7. The highest BCUT2D eigenvalue weighted by Gasteiger charge is 2.32. The fraction of sp³-hybridized carbons (Fsp3) is 0.200. The van der Waals surface area contributed by atoms with E-state index in [9.17, 15) is 4.79 Å². The number of nitrogens with zero attached hydrogens (tertiary/aromatic N) is 3. The summed E-state index contributed by atoms with van der Waals surface area (Å²) in [6.45, 7) is 0.773. The molecule has 5 rings (SSSR count). The summed E-state index contributed by atoms with van der Waals surface area (Å²) >= 11 is 1.80. The lowest BCUT2D eigenvalue weighted by Gasteiger charge is -2.36. The first-order chi connectivity index (χ1) is 14.8. The zero-order valence-corrected chi connectivity index (χ0v) is 17.5. The fourth-order valence-electron chi connectivity index (χ4n) is 4.19. The van der Waals surface area contributed by atoms with Crippen molar-refractivity contribution < 1.29 is 4.79 Å². The Morgan fingerprint density at radius 1 is 1.03 bits per heavy atom. The van der Waals surface area contributed by atoms with Gasteiger partial charge in [0.25, 0.3) is 0 Å². The van der Waals surface area contributed by atoms with Gasteiger partial charge in [-0.2, -0.15) is 5.10 Å². The molecule has 0 saturated carbocycles. The van der Waals surface area contributed by atoms with E-state index in [1.807, 2.05) is 53.5 Å². The van der Waals surface area contributed by atoms with Crippen molar-refractivity contribution in [2.75, 3.05) is 6.54 Å². The number of benzene rings is 2. The topological polar surface area (TPSA) is 38.1 Å². The third kappa shape index (κ3) is 3.68. The largest absolute Gasteiger partial charge is 0.331 e. The van der Waals surface area contributed by atoms with Gasteiger partial charge in [0.15, 0.2) is 0 Å². The van der Waals surface area contributed by atoms with Crippen LogP contribution in [0.15, 0.2) is 84.5 Å². The van der Waals surface area contributed by atoms with Crippen LogP contribution in [0.5, 0.6) is 0 Å². The third-order valence-corrected chi connectivity index (χ3v) is 6.68. The third-order valence-electron chi connectivity index (χ3n) is 5.69. The zero-order valence-electron chi connectivity index (χ0n) is 16.6. The van der Waals surface area contributed by atoms with Crippen molar-refractivity contribution in [1.82, 2.24) is 14.7 Å². The predicted molar refractivity (Wildman–Crippen MR) is 120 cm³/mol. The second kappa shape index (κ2) is 8.28. The van der Waals surface area contributed by atoms with Gasteiger partial charge < -0.3 is 4.90 Å². The number of aromatic nitrogens is 2. The molecule has 0 bridgehead atoms. The monoisotopic (exact) mass is 413 g/mol. The Morgan fingerprint density at radius 2 is 1.80 bits per heavy atom. The molecule has 0 spiro atoms. The van der Waals surface area contributed by atoms with E-state index in [-0.39, 0.29) is 11.9 Å². The van der Waals surface area contributed by atoms with E-state index in [1.54, 1.807) is 11.3 Å². The number of fused-ring (bicyclic) bond motifs is 1. The minimum atomic E-state index is 0.0146. The molecule has 0 saturated heterocycles. The molecule has 2 aromatic heterocycles. The molecule has 150 valence electrons. The minimum absolute atomic E-state index is 0.0146. The summed E-state index contributed by atoms with van der Waals surface area (Å²) in [5, 5.41) is 6.60. The number of aryl methyl sites for hydroxylation is 1. The Bertz CT molecular complexity index is 1130. The molecular formula is C25H23N3OS. The van der Waals surface area contributed by atoms with Crippen LogP contribution in [0.3, 0.4) is 0 Å². The van der Waals surface area contributed by atoms with E-state index in [1.165, 1.54) is 16.0 Å². The number of para-hydroxylation sites is 1. The number of carbonyl (C=O) groups is 1. The van der Waals surface area contributed by atoms with Crippen LogP contribution in [0, 0.1) is 0 Å². The van der Waals surface area contributed by atoms with Crippen molar-refractivity contribution >= 4 is 17.2 Å². The van der Waals surface area contributed by atoms with Gasteiger partial charge >= 0.3 is 0 Å². The van der Waals surface area contributed by atoms with E-state index >= 15 is 0 Å². The summed E-state index contributed by atoms with van der Waals surface area (Å²) in [5.41, 5.74) is 4.57. The second-order valence-electron chi connectivity index (χ2n) is 7.58. The van der Waals surface area contributed by atoms with Crippen LogP contribution in [0.2, 0.25) is 0 Å². The first-order valence-corrected chi connectivity index (χ1v) is 11.2. The number of carbonyl (C=O) groups excluding carboxylic acids is 1. The highest BCUT2D eigenvalue weighted by molar-refractivity contribution is 7.10. The lowest BCUT2D eigenvalue weighted by Crippen LogP contribution is -2.40. The number of thiophene rings is 1. The quantitative estimate of drug-likeness (QED) is 0.460. The van der Waals surface area contributed by atoms with Gasteiger partial charge in [0, 0.05) is 24.0 Å².